The maximum absolute atomic E-state index is 13.3. The van der Waals surface area contributed by atoms with Gasteiger partial charge in [-0.05, 0) is 37.2 Å². The van der Waals surface area contributed by atoms with Crippen LogP contribution in [0.4, 0.5) is 0 Å². The number of hydrogen-bond donors (Lipinski definition) is 1. The molecule has 152 valence electrons. The van der Waals surface area contributed by atoms with Crippen molar-refractivity contribution in [2.45, 2.75) is 58.3 Å². The molecular formula is C23H33N3O2. The molecule has 0 aliphatic carbocycles. The van der Waals surface area contributed by atoms with Crippen molar-refractivity contribution in [3.05, 3.63) is 35.9 Å². The second kappa shape index (κ2) is 9.73. The number of primary amides is 1. The van der Waals surface area contributed by atoms with Gasteiger partial charge < -0.3 is 10.6 Å². The highest BCUT2D eigenvalue weighted by Crippen LogP contribution is 2.36. The van der Waals surface area contributed by atoms with Gasteiger partial charge in [0.1, 0.15) is 0 Å². The Bertz CT molecular complexity index is 700. The Hall–Kier alpha value is -2.35. The van der Waals surface area contributed by atoms with Gasteiger partial charge in [0, 0.05) is 24.9 Å². The lowest BCUT2D eigenvalue weighted by Crippen LogP contribution is -2.49. The summed E-state index contributed by atoms with van der Waals surface area (Å²) in [5.41, 5.74) is 6.13. The number of hydrogen-bond acceptors (Lipinski definition) is 3. The molecule has 5 nitrogen and oxygen atoms in total. The fraction of sp³-hybridized carbons (Fsp3) is 0.609. The highest BCUT2D eigenvalue weighted by Gasteiger charge is 2.41. The zero-order valence-electron chi connectivity index (χ0n) is 17.4. The Kier molecular flexibility index (Phi) is 7.62. The van der Waals surface area contributed by atoms with E-state index in [2.05, 4.69) is 19.9 Å². The minimum absolute atomic E-state index is 0.0190. The minimum Gasteiger partial charge on any atom is -0.369 e. The number of piperidine rings is 1. The molecule has 1 heterocycles. The molecule has 0 spiro atoms. The third-order valence-electron chi connectivity index (χ3n) is 5.96. The average Bonchev–Trinajstić information content (AvgIpc) is 2.70. The second-order valence-corrected chi connectivity index (χ2v) is 8.42. The molecule has 2 rings (SSSR count). The van der Waals surface area contributed by atoms with Crippen molar-refractivity contribution in [3.63, 3.8) is 0 Å². The summed E-state index contributed by atoms with van der Waals surface area (Å²) in [5.74, 6) is -0.848. The Morgan fingerprint density at radius 1 is 1.18 bits per heavy atom. The predicted octanol–water partition coefficient (Wildman–Crippen LogP) is 3.63. The number of likely N-dealkylation sites (tertiary alicyclic amines) is 1. The predicted molar refractivity (Wildman–Crippen MR) is 110 cm³/mol. The van der Waals surface area contributed by atoms with Crippen molar-refractivity contribution in [1.82, 2.24) is 4.90 Å². The van der Waals surface area contributed by atoms with Crippen LogP contribution in [0.25, 0.3) is 0 Å². The molecule has 0 unspecified atom stereocenters. The van der Waals surface area contributed by atoms with Gasteiger partial charge in [-0.3, -0.25) is 9.59 Å². The molecule has 2 amide bonds. The Balaban J connectivity index is 2.17. The average molecular weight is 384 g/mol. The van der Waals surface area contributed by atoms with Crippen LogP contribution in [-0.4, -0.2) is 29.8 Å². The molecule has 0 saturated carbocycles. The van der Waals surface area contributed by atoms with E-state index in [-0.39, 0.29) is 17.7 Å². The first-order valence-corrected chi connectivity index (χ1v) is 10.4. The summed E-state index contributed by atoms with van der Waals surface area (Å²) in [6, 6.07) is 12.3. The molecule has 5 heteroatoms. The van der Waals surface area contributed by atoms with Crippen LogP contribution in [0.3, 0.4) is 0 Å². The van der Waals surface area contributed by atoms with Gasteiger partial charge in [0.25, 0.3) is 0 Å². The molecule has 0 radical (unpaired) electrons. The fourth-order valence-corrected chi connectivity index (χ4v) is 4.36. The van der Waals surface area contributed by atoms with Crippen molar-refractivity contribution in [2.75, 3.05) is 13.1 Å². The number of carbonyl (C=O) groups is 2. The quantitative estimate of drug-likeness (QED) is 0.743. The number of carbonyl (C=O) groups excluding carboxylic acids is 2. The number of nitrogens with zero attached hydrogens (tertiary/aromatic N) is 2. The van der Waals surface area contributed by atoms with Crippen molar-refractivity contribution in [2.24, 2.45) is 23.5 Å². The molecule has 2 atom stereocenters. The third kappa shape index (κ3) is 4.92. The zero-order chi connectivity index (χ0) is 20.7. The number of amides is 2. The van der Waals surface area contributed by atoms with E-state index < -0.39 is 11.3 Å². The lowest BCUT2D eigenvalue weighted by Gasteiger charge is -2.40. The summed E-state index contributed by atoms with van der Waals surface area (Å²) >= 11 is 0. The SMILES string of the molecule is CCC[C@H](C(N)=O)[C@@H](CC(C)C)C(=O)N1CCC(C#N)(c2ccccc2)CC1. The van der Waals surface area contributed by atoms with Gasteiger partial charge in [0.15, 0.2) is 0 Å². The minimum atomic E-state index is -0.544. The molecule has 28 heavy (non-hydrogen) atoms. The van der Waals surface area contributed by atoms with Crippen LogP contribution in [0.15, 0.2) is 30.3 Å². The van der Waals surface area contributed by atoms with Gasteiger partial charge in [-0.1, -0.05) is 57.5 Å². The van der Waals surface area contributed by atoms with Crippen molar-refractivity contribution < 1.29 is 9.59 Å². The van der Waals surface area contributed by atoms with Gasteiger partial charge in [-0.15, -0.1) is 0 Å². The lowest BCUT2D eigenvalue weighted by molar-refractivity contribution is -0.143. The summed E-state index contributed by atoms with van der Waals surface area (Å²) < 4.78 is 0. The maximum Gasteiger partial charge on any atom is 0.226 e. The molecule has 1 saturated heterocycles. The Morgan fingerprint density at radius 3 is 2.25 bits per heavy atom. The van der Waals surface area contributed by atoms with Gasteiger partial charge in [0.2, 0.25) is 11.8 Å². The number of nitriles is 1. The van der Waals surface area contributed by atoms with Crippen LogP contribution in [0.1, 0.15) is 58.4 Å². The van der Waals surface area contributed by atoms with E-state index in [1.165, 1.54) is 0 Å². The van der Waals surface area contributed by atoms with E-state index in [0.29, 0.717) is 44.7 Å². The standard InChI is InChI=1S/C23H33N3O2/c1-4-8-19(21(25)27)20(15-17(2)3)22(28)26-13-11-23(16-24,12-14-26)18-9-6-5-7-10-18/h5-7,9-10,17,19-20H,4,8,11-15H2,1-3H3,(H2,25,27)/t19-,20+/m0/s1. The summed E-state index contributed by atoms with van der Waals surface area (Å²) in [4.78, 5) is 27.2. The Morgan fingerprint density at radius 2 is 1.79 bits per heavy atom. The van der Waals surface area contributed by atoms with Gasteiger partial charge in [-0.25, -0.2) is 0 Å². The topological polar surface area (TPSA) is 87.2 Å². The molecule has 0 aromatic heterocycles. The van der Waals surface area contributed by atoms with Crippen LogP contribution in [-0.2, 0) is 15.0 Å². The molecular weight excluding hydrogens is 350 g/mol. The van der Waals surface area contributed by atoms with E-state index >= 15 is 0 Å². The first-order chi connectivity index (χ1) is 13.3. The maximum atomic E-state index is 13.3. The zero-order valence-corrected chi connectivity index (χ0v) is 17.4. The number of nitrogens with two attached hydrogens (primary N) is 1. The highest BCUT2D eigenvalue weighted by atomic mass is 16.2. The van der Waals surface area contributed by atoms with Gasteiger partial charge >= 0.3 is 0 Å². The Labute approximate surface area is 168 Å². The second-order valence-electron chi connectivity index (χ2n) is 8.42. The molecule has 1 fully saturated rings. The van der Waals surface area contributed by atoms with Gasteiger partial charge in [-0.2, -0.15) is 5.26 Å². The van der Waals surface area contributed by atoms with Crippen molar-refractivity contribution >= 4 is 11.8 Å². The summed E-state index contributed by atoms with van der Waals surface area (Å²) in [7, 11) is 0. The molecule has 1 aromatic rings. The molecule has 1 aliphatic heterocycles. The van der Waals surface area contributed by atoms with E-state index in [9.17, 15) is 14.9 Å². The van der Waals surface area contributed by atoms with E-state index in [4.69, 9.17) is 5.73 Å². The van der Waals surface area contributed by atoms with Gasteiger partial charge in [0.05, 0.1) is 11.5 Å². The number of benzene rings is 1. The van der Waals surface area contributed by atoms with E-state index in [0.717, 1.165) is 12.0 Å². The summed E-state index contributed by atoms with van der Waals surface area (Å²) in [6.07, 6.45) is 3.34. The van der Waals surface area contributed by atoms with Crippen LogP contribution >= 0.6 is 0 Å². The lowest BCUT2D eigenvalue weighted by atomic mass is 9.73. The molecule has 2 N–H and O–H groups in total. The monoisotopic (exact) mass is 383 g/mol. The highest BCUT2D eigenvalue weighted by molar-refractivity contribution is 5.87. The van der Waals surface area contributed by atoms with E-state index in [1.807, 2.05) is 42.2 Å². The first-order valence-electron chi connectivity index (χ1n) is 10.4. The molecule has 1 aliphatic rings. The normalized spacial score (nSPS) is 18.3. The fourth-order valence-electron chi connectivity index (χ4n) is 4.36. The summed E-state index contributed by atoms with van der Waals surface area (Å²) in [5, 5.41) is 9.86. The van der Waals surface area contributed by atoms with Crippen LogP contribution in [0, 0.1) is 29.1 Å². The van der Waals surface area contributed by atoms with Crippen molar-refractivity contribution in [3.8, 4) is 6.07 Å². The van der Waals surface area contributed by atoms with Crippen LogP contribution in [0.5, 0.6) is 0 Å². The smallest absolute Gasteiger partial charge is 0.226 e. The first kappa shape index (κ1) is 21.9. The largest absolute Gasteiger partial charge is 0.369 e. The molecule has 1 aromatic carbocycles. The third-order valence-corrected chi connectivity index (χ3v) is 5.96. The van der Waals surface area contributed by atoms with Crippen LogP contribution < -0.4 is 5.73 Å². The van der Waals surface area contributed by atoms with Crippen molar-refractivity contribution in [1.29, 1.82) is 5.26 Å². The summed E-state index contributed by atoms with van der Waals surface area (Å²) in [6.45, 7) is 7.21. The van der Waals surface area contributed by atoms with E-state index in [1.54, 1.807) is 0 Å². The molecule has 0 bridgehead atoms. The number of rotatable bonds is 8. The van der Waals surface area contributed by atoms with Crippen LogP contribution in [0.2, 0.25) is 0 Å².